The van der Waals surface area contributed by atoms with E-state index in [-0.39, 0.29) is 0 Å². The molecular weight excluding hydrogens is 144 g/mol. The SMILES string of the molecule is C=CC(O)C(C=C)OC(C)=O. The highest BCUT2D eigenvalue weighted by Crippen LogP contribution is 2.01. The molecule has 0 saturated carbocycles. The zero-order valence-electron chi connectivity index (χ0n) is 6.49. The van der Waals surface area contributed by atoms with Crippen LogP contribution in [0.1, 0.15) is 6.92 Å². The fourth-order valence-electron chi connectivity index (χ4n) is 0.583. The predicted octanol–water partition coefficient (Wildman–Crippen LogP) is 0.651. The van der Waals surface area contributed by atoms with Gasteiger partial charge in [0.05, 0.1) is 0 Å². The van der Waals surface area contributed by atoms with E-state index in [9.17, 15) is 4.79 Å². The Morgan fingerprint density at radius 2 is 2.09 bits per heavy atom. The minimum Gasteiger partial charge on any atom is -0.455 e. The summed E-state index contributed by atoms with van der Waals surface area (Å²) in [6.07, 6.45) is 1.07. The third-order valence-corrected chi connectivity index (χ3v) is 1.11. The van der Waals surface area contributed by atoms with Crippen LogP contribution in [0.3, 0.4) is 0 Å². The molecule has 0 aliphatic heterocycles. The molecule has 0 radical (unpaired) electrons. The maximum atomic E-state index is 10.4. The number of ether oxygens (including phenoxy) is 1. The molecule has 0 bridgehead atoms. The number of rotatable bonds is 4. The topological polar surface area (TPSA) is 46.5 Å². The fourth-order valence-corrected chi connectivity index (χ4v) is 0.583. The normalized spacial score (nSPS) is 14.7. The zero-order chi connectivity index (χ0) is 8.85. The summed E-state index contributed by atoms with van der Waals surface area (Å²) in [5.41, 5.74) is 0. The van der Waals surface area contributed by atoms with E-state index in [1.54, 1.807) is 0 Å². The first-order valence-electron chi connectivity index (χ1n) is 3.22. The van der Waals surface area contributed by atoms with Crippen LogP contribution in [0.2, 0.25) is 0 Å². The molecular formula is C8H12O3. The summed E-state index contributed by atoms with van der Waals surface area (Å²) in [6.45, 7) is 8.02. The molecule has 0 aromatic heterocycles. The van der Waals surface area contributed by atoms with E-state index < -0.39 is 18.2 Å². The molecule has 0 fully saturated rings. The van der Waals surface area contributed by atoms with E-state index in [1.807, 2.05) is 0 Å². The van der Waals surface area contributed by atoms with Crippen molar-refractivity contribution in [2.24, 2.45) is 0 Å². The van der Waals surface area contributed by atoms with Gasteiger partial charge in [-0.25, -0.2) is 0 Å². The standard InChI is InChI=1S/C8H12O3/c1-4-7(10)8(5-2)11-6(3)9/h4-5,7-8,10H,1-2H2,3H3. The maximum Gasteiger partial charge on any atom is 0.303 e. The Kier molecular flexibility index (Phi) is 4.22. The first-order valence-corrected chi connectivity index (χ1v) is 3.22. The van der Waals surface area contributed by atoms with Gasteiger partial charge >= 0.3 is 5.97 Å². The van der Waals surface area contributed by atoms with Gasteiger partial charge in [-0.1, -0.05) is 12.7 Å². The Bertz CT molecular complexity index is 163. The molecule has 1 N–H and O–H groups in total. The summed E-state index contributed by atoms with van der Waals surface area (Å²) in [7, 11) is 0. The van der Waals surface area contributed by atoms with Gasteiger partial charge in [0.15, 0.2) is 0 Å². The highest BCUT2D eigenvalue weighted by Gasteiger charge is 2.14. The van der Waals surface area contributed by atoms with Crippen LogP contribution in [0, 0.1) is 0 Å². The third kappa shape index (κ3) is 3.57. The lowest BCUT2D eigenvalue weighted by Crippen LogP contribution is -2.26. The maximum absolute atomic E-state index is 10.4. The molecule has 2 atom stereocenters. The Balaban J connectivity index is 4.04. The van der Waals surface area contributed by atoms with Crippen LogP contribution in [0.15, 0.2) is 25.3 Å². The predicted molar refractivity (Wildman–Crippen MR) is 42.0 cm³/mol. The van der Waals surface area contributed by atoms with Crippen LogP contribution in [0.4, 0.5) is 0 Å². The summed E-state index contributed by atoms with van der Waals surface area (Å²) in [5, 5.41) is 9.10. The van der Waals surface area contributed by atoms with E-state index in [2.05, 4.69) is 17.9 Å². The molecule has 0 aliphatic carbocycles. The second-order valence-electron chi connectivity index (χ2n) is 2.04. The lowest BCUT2D eigenvalue weighted by Gasteiger charge is -2.15. The van der Waals surface area contributed by atoms with E-state index in [4.69, 9.17) is 5.11 Å². The van der Waals surface area contributed by atoms with Crippen molar-refractivity contribution in [1.29, 1.82) is 0 Å². The van der Waals surface area contributed by atoms with Gasteiger partial charge in [0.1, 0.15) is 12.2 Å². The summed E-state index contributed by atoms with van der Waals surface area (Å²) in [4.78, 5) is 10.4. The summed E-state index contributed by atoms with van der Waals surface area (Å²) < 4.78 is 4.67. The molecule has 0 amide bonds. The van der Waals surface area contributed by atoms with Gasteiger partial charge in [0.2, 0.25) is 0 Å². The van der Waals surface area contributed by atoms with Gasteiger partial charge in [-0.3, -0.25) is 4.79 Å². The van der Waals surface area contributed by atoms with Gasteiger partial charge in [0, 0.05) is 6.92 Å². The number of aliphatic hydroxyl groups is 1. The summed E-state index contributed by atoms with van der Waals surface area (Å²) >= 11 is 0. The number of carbonyl (C=O) groups is 1. The number of aliphatic hydroxyl groups excluding tert-OH is 1. The van der Waals surface area contributed by atoms with Crippen LogP contribution < -0.4 is 0 Å². The average Bonchev–Trinajstić information content (AvgIpc) is 1.98. The molecule has 11 heavy (non-hydrogen) atoms. The minimum atomic E-state index is -0.878. The molecule has 3 nitrogen and oxygen atoms in total. The van der Waals surface area contributed by atoms with E-state index in [1.165, 1.54) is 19.1 Å². The van der Waals surface area contributed by atoms with Crippen LogP contribution in [-0.4, -0.2) is 23.3 Å². The molecule has 2 unspecified atom stereocenters. The van der Waals surface area contributed by atoms with Crippen molar-refractivity contribution in [2.75, 3.05) is 0 Å². The van der Waals surface area contributed by atoms with Gasteiger partial charge in [-0.2, -0.15) is 0 Å². The number of esters is 1. The molecule has 0 spiro atoms. The van der Waals surface area contributed by atoms with Crippen molar-refractivity contribution in [3.63, 3.8) is 0 Å². The molecule has 62 valence electrons. The second-order valence-corrected chi connectivity index (χ2v) is 2.04. The Morgan fingerprint density at radius 3 is 2.36 bits per heavy atom. The number of hydrogen-bond donors (Lipinski definition) is 1. The van der Waals surface area contributed by atoms with E-state index in [0.29, 0.717) is 0 Å². The highest BCUT2D eigenvalue weighted by atomic mass is 16.6. The molecule has 0 heterocycles. The van der Waals surface area contributed by atoms with Gasteiger partial charge in [-0.15, -0.1) is 6.58 Å². The van der Waals surface area contributed by atoms with Crippen LogP contribution in [0.5, 0.6) is 0 Å². The highest BCUT2D eigenvalue weighted by molar-refractivity contribution is 5.66. The van der Waals surface area contributed by atoms with E-state index in [0.717, 1.165) is 0 Å². The molecule has 0 aliphatic rings. The number of carbonyl (C=O) groups excluding carboxylic acids is 1. The Labute approximate surface area is 66.0 Å². The largest absolute Gasteiger partial charge is 0.455 e. The zero-order valence-corrected chi connectivity index (χ0v) is 6.49. The smallest absolute Gasteiger partial charge is 0.303 e. The third-order valence-electron chi connectivity index (χ3n) is 1.11. The van der Waals surface area contributed by atoms with Crippen LogP contribution in [0.25, 0.3) is 0 Å². The fraction of sp³-hybridized carbons (Fsp3) is 0.375. The van der Waals surface area contributed by atoms with Gasteiger partial charge in [0.25, 0.3) is 0 Å². The molecule has 0 saturated heterocycles. The lowest BCUT2D eigenvalue weighted by molar-refractivity contribution is -0.147. The Hall–Kier alpha value is -1.09. The number of hydrogen-bond acceptors (Lipinski definition) is 3. The monoisotopic (exact) mass is 156 g/mol. The average molecular weight is 156 g/mol. The van der Waals surface area contributed by atoms with Crippen LogP contribution >= 0.6 is 0 Å². The first-order chi connectivity index (χ1) is 5.11. The lowest BCUT2D eigenvalue weighted by atomic mass is 10.2. The molecule has 3 heteroatoms. The summed E-state index contributed by atoms with van der Waals surface area (Å²) in [5.74, 6) is -0.448. The Morgan fingerprint density at radius 1 is 1.55 bits per heavy atom. The van der Waals surface area contributed by atoms with Crippen molar-refractivity contribution < 1.29 is 14.6 Å². The quantitative estimate of drug-likeness (QED) is 0.480. The minimum absolute atomic E-state index is 0.448. The first kappa shape index (κ1) is 9.91. The van der Waals surface area contributed by atoms with E-state index >= 15 is 0 Å². The van der Waals surface area contributed by atoms with Crippen molar-refractivity contribution in [3.8, 4) is 0 Å². The van der Waals surface area contributed by atoms with Crippen molar-refractivity contribution >= 4 is 5.97 Å². The summed E-state index contributed by atoms with van der Waals surface area (Å²) in [6, 6.07) is 0. The van der Waals surface area contributed by atoms with Gasteiger partial charge < -0.3 is 9.84 Å². The van der Waals surface area contributed by atoms with Crippen molar-refractivity contribution in [1.82, 2.24) is 0 Å². The molecule has 0 aromatic rings. The van der Waals surface area contributed by atoms with Crippen molar-refractivity contribution in [3.05, 3.63) is 25.3 Å². The van der Waals surface area contributed by atoms with Crippen molar-refractivity contribution in [2.45, 2.75) is 19.1 Å². The second kappa shape index (κ2) is 4.68. The van der Waals surface area contributed by atoms with Gasteiger partial charge in [-0.05, 0) is 6.08 Å². The molecule has 0 rings (SSSR count). The molecule has 0 aromatic carbocycles. The van der Waals surface area contributed by atoms with Crippen LogP contribution in [-0.2, 0) is 9.53 Å².